The van der Waals surface area contributed by atoms with Gasteiger partial charge in [-0.3, -0.25) is 14.5 Å². The van der Waals surface area contributed by atoms with E-state index in [1.54, 1.807) is 54.6 Å². The molecule has 33 heavy (non-hydrogen) atoms. The van der Waals surface area contributed by atoms with E-state index in [9.17, 15) is 14.9 Å². The number of thioether (sulfide) groups is 1. The molecule has 0 spiro atoms. The maximum absolute atomic E-state index is 13.4. The Hall–Kier alpha value is -3.18. The normalized spacial score (nSPS) is 17.1. The number of nitriles is 1. The summed E-state index contributed by atoms with van der Waals surface area (Å²) in [5.41, 5.74) is 1.26. The molecular formula is C24H17Cl2N3O3S. The molecule has 0 radical (unpaired) electrons. The molecule has 4 rings (SSSR count). The number of rotatable bonds is 6. The van der Waals surface area contributed by atoms with E-state index in [0.717, 1.165) is 5.56 Å². The molecule has 0 bridgehead atoms. The first-order chi connectivity index (χ1) is 16.0. The minimum atomic E-state index is -0.583. The van der Waals surface area contributed by atoms with Crippen molar-refractivity contribution in [2.24, 2.45) is 0 Å². The first-order valence-corrected chi connectivity index (χ1v) is 11.6. The van der Waals surface area contributed by atoms with Crippen LogP contribution in [0.3, 0.4) is 0 Å². The molecule has 9 heteroatoms. The highest BCUT2D eigenvalue weighted by Gasteiger charge is 2.40. The van der Waals surface area contributed by atoms with E-state index in [1.807, 2.05) is 12.1 Å². The van der Waals surface area contributed by atoms with Gasteiger partial charge < -0.3 is 9.73 Å². The fourth-order valence-electron chi connectivity index (χ4n) is 3.35. The van der Waals surface area contributed by atoms with Gasteiger partial charge in [-0.15, -0.1) is 0 Å². The lowest BCUT2D eigenvalue weighted by atomic mass is 10.1. The van der Waals surface area contributed by atoms with Crippen LogP contribution in [0.4, 0.5) is 5.69 Å². The van der Waals surface area contributed by atoms with Crippen LogP contribution < -0.4 is 10.2 Å². The number of benzene rings is 2. The number of halogens is 2. The Morgan fingerprint density at radius 1 is 1.12 bits per heavy atom. The highest BCUT2D eigenvalue weighted by molar-refractivity contribution is 8.05. The maximum atomic E-state index is 13.4. The molecule has 2 aromatic carbocycles. The molecule has 166 valence electrons. The molecule has 1 fully saturated rings. The summed E-state index contributed by atoms with van der Waals surface area (Å²) in [7, 11) is 0. The molecule has 1 aromatic heterocycles. The minimum absolute atomic E-state index is 0.126. The molecule has 1 aliphatic rings. The van der Waals surface area contributed by atoms with Crippen LogP contribution in [0.15, 0.2) is 81.9 Å². The molecule has 1 atom stereocenters. The van der Waals surface area contributed by atoms with Gasteiger partial charge in [0.05, 0.1) is 28.1 Å². The van der Waals surface area contributed by atoms with Crippen LogP contribution in [0, 0.1) is 11.3 Å². The summed E-state index contributed by atoms with van der Waals surface area (Å²) in [6.45, 7) is 0.126. The Morgan fingerprint density at radius 2 is 1.91 bits per heavy atom. The van der Waals surface area contributed by atoms with Crippen molar-refractivity contribution >= 4 is 52.5 Å². The third kappa shape index (κ3) is 5.09. The summed E-state index contributed by atoms with van der Waals surface area (Å²) < 4.78 is 5.23. The predicted octanol–water partition coefficient (Wildman–Crippen LogP) is 5.33. The monoisotopic (exact) mass is 497 g/mol. The summed E-state index contributed by atoms with van der Waals surface area (Å²) in [6, 6.07) is 19.5. The van der Waals surface area contributed by atoms with E-state index in [0.29, 0.717) is 27.9 Å². The topological polar surface area (TPSA) is 86.3 Å². The number of nitrogens with zero attached hydrogens (tertiary/aromatic N) is 2. The van der Waals surface area contributed by atoms with Gasteiger partial charge in [-0.1, -0.05) is 59.2 Å². The van der Waals surface area contributed by atoms with Crippen molar-refractivity contribution in [3.05, 3.63) is 98.9 Å². The maximum Gasteiger partial charge on any atom is 0.265 e. The van der Waals surface area contributed by atoms with E-state index in [2.05, 4.69) is 5.32 Å². The number of hydrogen-bond acceptors (Lipinski definition) is 5. The number of anilines is 1. The zero-order chi connectivity index (χ0) is 23.4. The number of para-hydroxylation sites is 1. The van der Waals surface area contributed by atoms with E-state index in [1.165, 1.54) is 22.9 Å². The Balaban J connectivity index is 1.66. The first-order valence-electron chi connectivity index (χ1n) is 9.92. The SMILES string of the molecule is N#CC(C(=O)NCc1ccco1)=C1SC(Cc2ccc(Cl)c(Cl)c2)C(=O)N1c1ccccc1. The fraction of sp³-hybridized carbons (Fsp3) is 0.125. The lowest BCUT2D eigenvalue weighted by molar-refractivity contribution is -0.117. The van der Waals surface area contributed by atoms with Crippen molar-refractivity contribution in [1.29, 1.82) is 5.26 Å². The number of furan rings is 1. The van der Waals surface area contributed by atoms with Crippen LogP contribution in [0.25, 0.3) is 0 Å². The standard InChI is InChI=1S/C24H17Cl2N3O3S/c25-19-9-8-15(11-20(19)26)12-21-23(31)29(16-5-2-1-3-6-16)24(33-21)18(13-27)22(30)28-14-17-7-4-10-32-17/h1-11,21H,12,14H2,(H,28,30). The van der Waals surface area contributed by atoms with Crippen molar-refractivity contribution in [2.75, 3.05) is 4.90 Å². The molecule has 6 nitrogen and oxygen atoms in total. The molecule has 1 aliphatic heterocycles. The van der Waals surface area contributed by atoms with Crippen LogP contribution in [-0.4, -0.2) is 17.1 Å². The number of hydrogen-bond donors (Lipinski definition) is 1. The minimum Gasteiger partial charge on any atom is -0.467 e. The lowest BCUT2D eigenvalue weighted by Gasteiger charge is -2.18. The van der Waals surface area contributed by atoms with Gasteiger partial charge in [-0.2, -0.15) is 5.26 Å². The van der Waals surface area contributed by atoms with Gasteiger partial charge in [0.15, 0.2) is 0 Å². The van der Waals surface area contributed by atoms with Gasteiger partial charge in [0, 0.05) is 5.69 Å². The molecule has 0 aliphatic carbocycles. The van der Waals surface area contributed by atoms with Crippen molar-refractivity contribution in [3.8, 4) is 6.07 Å². The van der Waals surface area contributed by atoms with Crippen LogP contribution in [0.5, 0.6) is 0 Å². The molecule has 1 N–H and O–H groups in total. The van der Waals surface area contributed by atoms with Crippen LogP contribution >= 0.6 is 35.0 Å². The van der Waals surface area contributed by atoms with Gasteiger partial charge in [0.25, 0.3) is 5.91 Å². The summed E-state index contributed by atoms with van der Waals surface area (Å²) in [5, 5.41) is 13.1. The number of carbonyl (C=O) groups excluding carboxylic acids is 2. The van der Waals surface area contributed by atoms with Gasteiger partial charge in [0.1, 0.15) is 22.4 Å². The highest BCUT2D eigenvalue weighted by atomic mass is 35.5. The molecule has 1 saturated heterocycles. The first kappa shape index (κ1) is 23.0. The van der Waals surface area contributed by atoms with E-state index in [-0.39, 0.29) is 23.1 Å². The lowest BCUT2D eigenvalue weighted by Crippen LogP contribution is -2.32. The van der Waals surface area contributed by atoms with Gasteiger partial charge >= 0.3 is 0 Å². The second-order valence-corrected chi connectivity index (χ2v) is 9.13. The summed E-state index contributed by atoms with van der Waals surface area (Å²) in [5.74, 6) is -0.252. The molecule has 0 saturated carbocycles. The van der Waals surface area contributed by atoms with Gasteiger partial charge in [0.2, 0.25) is 5.91 Å². The molecule has 3 aromatic rings. The van der Waals surface area contributed by atoms with Gasteiger partial charge in [-0.05, 0) is 48.4 Å². The van der Waals surface area contributed by atoms with Crippen molar-refractivity contribution < 1.29 is 14.0 Å². The average Bonchev–Trinajstić information content (AvgIpc) is 3.44. The molecular weight excluding hydrogens is 481 g/mol. The molecule has 2 amide bonds. The molecule has 2 heterocycles. The van der Waals surface area contributed by atoms with Gasteiger partial charge in [-0.25, -0.2) is 0 Å². The average molecular weight is 498 g/mol. The Bertz CT molecular complexity index is 1250. The predicted molar refractivity (Wildman–Crippen MR) is 129 cm³/mol. The van der Waals surface area contributed by atoms with E-state index in [4.69, 9.17) is 27.6 Å². The smallest absolute Gasteiger partial charge is 0.265 e. The zero-order valence-electron chi connectivity index (χ0n) is 17.1. The zero-order valence-corrected chi connectivity index (χ0v) is 19.5. The largest absolute Gasteiger partial charge is 0.467 e. The highest BCUT2D eigenvalue weighted by Crippen LogP contribution is 2.42. The van der Waals surface area contributed by atoms with E-state index < -0.39 is 11.2 Å². The quantitative estimate of drug-likeness (QED) is 0.367. The number of amides is 2. The van der Waals surface area contributed by atoms with Crippen molar-refractivity contribution in [1.82, 2.24) is 5.32 Å². The summed E-state index contributed by atoms with van der Waals surface area (Å²) in [4.78, 5) is 27.7. The summed E-state index contributed by atoms with van der Waals surface area (Å²) in [6.07, 6.45) is 1.86. The van der Waals surface area contributed by atoms with Crippen molar-refractivity contribution in [3.63, 3.8) is 0 Å². The van der Waals surface area contributed by atoms with Crippen molar-refractivity contribution in [2.45, 2.75) is 18.2 Å². The molecule has 1 unspecified atom stereocenters. The second kappa shape index (κ2) is 10.2. The van der Waals surface area contributed by atoms with E-state index >= 15 is 0 Å². The number of nitrogens with one attached hydrogen (secondary N) is 1. The number of carbonyl (C=O) groups is 2. The Labute approximate surface area is 204 Å². The van der Waals surface area contributed by atoms with Crippen LogP contribution in [0.2, 0.25) is 10.0 Å². The fourth-order valence-corrected chi connectivity index (χ4v) is 4.98. The Kier molecular flexibility index (Phi) is 7.09. The van der Waals surface area contributed by atoms with Crippen LogP contribution in [0.1, 0.15) is 11.3 Å². The Morgan fingerprint density at radius 3 is 2.58 bits per heavy atom. The van der Waals surface area contributed by atoms with Crippen LogP contribution in [-0.2, 0) is 22.6 Å². The third-order valence-electron chi connectivity index (χ3n) is 4.93. The third-order valence-corrected chi connectivity index (χ3v) is 6.93. The summed E-state index contributed by atoms with van der Waals surface area (Å²) >= 11 is 13.3. The second-order valence-electron chi connectivity index (χ2n) is 7.12.